The second-order valence-corrected chi connectivity index (χ2v) is 5.27. The Morgan fingerprint density at radius 3 is 2.89 bits per heavy atom. The van der Waals surface area contributed by atoms with Gasteiger partial charge in [0.2, 0.25) is 0 Å². The number of hydrogen-bond acceptors (Lipinski definition) is 3. The molecule has 1 heterocycles. The summed E-state index contributed by atoms with van der Waals surface area (Å²) in [4.78, 5) is 0. The maximum Gasteiger partial charge on any atom is 0.123 e. The Morgan fingerprint density at radius 1 is 1.26 bits per heavy atom. The van der Waals surface area contributed by atoms with E-state index in [4.69, 9.17) is 0 Å². The van der Waals surface area contributed by atoms with Gasteiger partial charge in [0.05, 0.1) is 5.69 Å². The van der Waals surface area contributed by atoms with E-state index in [9.17, 15) is 0 Å². The van der Waals surface area contributed by atoms with Gasteiger partial charge in [-0.05, 0) is 37.0 Å². The zero-order chi connectivity index (χ0) is 13.1. The van der Waals surface area contributed by atoms with Crippen molar-refractivity contribution in [1.29, 1.82) is 0 Å². The zero-order valence-corrected chi connectivity index (χ0v) is 11.3. The molecule has 2 aromatic rings. The van der Waals surface area contributed by atoms with Crippen LogP contribution in [0.1, 0.15) is 32.6 Å². The maximum absolute atomic E-state index is 3.85. The molecule has 1 N–H and O–H groups in total. The second-order valence-electron chi connectivity index (χ2n) is 5.27. The molecule has 4 heteroatoms. The number of aromatic nitrogens is 3. The van der Waals surface area contributed by atoms with E-state index in [2.05, 4.69) is 46.7 Å². The third-order valence-electron chi connectivity index (χ3n) is 4.10. The SMILES string of the molecule is CCC1CCCC1Nc1cccc(-n2cnnc2)c1. The van der Waals surface area contributed by atoms with Crippen LogP contribution in [0.15, 0.2) is 36.9 Å². The number of nitrogens with zero attached hydrogens (tertiary/aromatic N) is 3. The van der Waals surface area contributed by atoms with Crippen molar-refractivity contribution in [3.05, 3.63) is 36.9 Å². The van der Waals surface area contributed by atoms with E-state index in [-0.39, 0.29) is 0 Å². The van der Waals surface area contributed by atoms with Gasteiger partial charge in [-0.1, -0.05) is 25.8 Å². The van der Waals surface area contributed by atoms with Crippen LogP contribution in [0.4, 0.5) is 5.69 Å². The molecule has 1 aromatic heterocycles. The molecule has 2 atom stereocenters. The lowest BCUT2D eigenvalue weighted by molar-refractivity contribution is 0.489. The van der Waals surface area contributed by atoms with Gasteiger partial charge in [-0.3, -0.25) is 4.57 Å². The van der Waals surface area contributed by atoms with E-state index in [1.165, 1.54) is 31.4 Å². The Hall–Kier alpha value is -1.84. The molecule has 0 saturated heterocycles. The Labute approximate surface area is 113 Å². The van der Waals surface area contributed by atoms with Crippen molar-refractivity contribution >= 4 is 5.69 Å². The van der Waals surface area contributed by atoms with E-state index < -0.39 is 0 Å². The van der Waals surface area contributed by atoms with Crippen LogP contribution in [0.5, 0.6) is 0 Å². The summed E-state index contributed by atoms with van der Waals surface area (Å²) in [6, 6.07) is 9.07. The molecule has 0 radical (unpaired) electrons. The number of nitrogens with one attached hydrogen (secondary N) is 1. The number of anilines is 1. The smallest absolute Gasteiger partial charge is 0.123 e. The van der Waals surface area contributed by atoms with E-state index in [0.29, 0.717) is 6.04 Å². The molecule has 1 fully saturated rings. The van der Waals surface area contributed by atoms with Crippen LogP contribution in [0, 0.1) is 5.92 Å². The van der Waals surface area contributed by atoms with Crippen LogP contribution in [0.2, 0.25) is 0 Å². The highest BCUT2D eigenvalue weighted by atomic mass is 15.2. The monoisotopic (exact) mass is 256 g/mol. The second kappa shape index (κ2) is 5.43. The van der Waals surface area contributed by atoms with Gasteiger partial charge in [0.15, 0.2) is 0 Å². The van der Waals surface area contributed by atoms with Gasteiger partial charge in [0.1, 0.15) is 12.7 Å². The fourth-order valence-electron chi connectivity index (χ4n) is 3.02. The molecule has 1 aliphatic carbocycles. The van der Waals surface area contributed by atoms with E-state index >= 15 is 0 Å². The van der Waals surface area contributed by atoms with E-state index in [1.807, 2.05) is 4.57 Å². The van der Waals surface area contributed by atoms with Crippen LogP contribution in [-0.4, -0.2) is 20.8 Å². The normalized spacial score (nSPS) is 22.6. The molecule has 3 rings (SSSR count). The van der Waals surface area contributed by atoms with E-state index in [1.54, 1.807) is 12.7 Å². The fourth-order valence-corrected chi connectivity index (χ4v) is 3.02. The van der Waals surface area contributed by atoms with Crippen LogP contribution >= 0.6 is 0 Å². The summed E-state index contributed by atoms with van der Waals surface area (Å²) in [6.45, 7) is 2.29. The minimum absolute atomic E-state index is 0.626. The van der Waals surface area contributed by atoms with Crippen LogP contribution in [0.25, 0.3) is 5.69 Å². The Bertz CT molecular complexity index is 521. The van der Waals surface area contributed by atoms with Crippen LogP contribution < -0.4 is 5.32 Å². The summed E-state index contributed by atoms with van der Waals surface area (Å²) in [7, 11) is 0. The lowest BCUT2D eigenvalue weighted by atomic mass is 10.0. The highest BCUT2D eigenvalue weighted by Crippen LogP contribution is 2.31. The lowest BCUT2D eigenvalue weighted by Crippen LogP contribution is -2.23. The van der Waals surface area contributed by atoms with Crippen molar-refractivity contribution in [1.82, 2.24) is 14.8 Å². The third kappa shape index (κ3) is 2.62. The Morgan fingerprint density at radius 2 is 2.11 bits per heavy atom. The van der Waals surface area contributed by atoms with Crippen molar-refractivity contribution in [2.24, 2.45) is 5.92 Å². The highest BCUT2D eigenvalue weighted by Gasteiger charge is 2.25. The molecule has 0 bridgehead atoms. The van der Waals surface area contributed by atoms with Gasteiger partial charge in [-0.15, -0.1) is 10.2 Å². The van der Waals surface area contributed by atoms with Gasteiger partial charge >= 0.3 is 0 Å². The summed E-state index contributed by atoms with van der Waals surface area (Å²) < 4.78 is 1.93. The highest BCUT2D eigenvalue weighted by molar-refractivity contribution is 5.51. The van der Waals surface area contributed by atoms with Crippen LogP contribution in [0.3, 0.4) is 0 Å². The summed E-state index contributed by atoms with van der Waals surface area (Å²) in [5.74, 6) is 0.818. The summed E-state index contributed by atoms with van der Waals surface area (Å²) in [5.41, 5.74) is 2.29. The molecule has 1 aliphatic rings. The number of hydrogen-bond donors (Lipinski definition) is 1. The molecule has 2 unspecified atom stereocenters. The van der Waals surface area contributed by atoms with Crippen LogP contribution in [-0.2, 0) is 0 Å². The molecule has 0 spiro atoms. The lowest BCUT2D eigenvalue weighted by Gasteiger charge is -2.21. The largest absolute Gasteiger partial charge is 0.382 e. The molecular weight excluding hydrogens is 236 g/mol. The molecule has 1 aromatic carbocycles. The summed E-state index contributed by atoms with van der Waals surface area (Å²) in [5, 5.41) is 11.4. The minimum Gasteiger partial charge on any atom is -0.382 e. The summed E-state index contributed by atoms with van der Waals surface area (Å²) >= 11 is 0. The van der Waals surface area contributed by atoms with Crippen molar-refractivity contribution in [2.45, 2.75) is 38.6 Å². The van der Waals surface area contributed by atoms with Crippen molar-refractivity contribution in [2.75, 3.05) is 5.32 Å². The molecule has 100 valence electrons. The van der Waals surface area contributed by atoms with Crippen molar-refractivity contribution in [3.63, 3.8) is 0 Å². The first-order chi connectivity index (χ1) is 9.36. The Balaban J connectivity index is 1.76. The molecule has 0 aliphatic heterocycles. The van der Waals surface area contributed by atoms with Gasteiger partial charge in [-0.25, -0.2) is 0 Å². The third-order valence-corrected chi connectivity index (χ3v) is 4.10. The standard InChI is InChI=1S/C15H20N4/c1-2-12-5-3-8-15(12)18-13-6-4-7-14(9-13)19-10-16-17-11-19/h4,6-7,9-12,15,18H,2-3,5,8H2,1H3. The first-order valence-corrected chi connectivity index (χ1v) is 7.08. The molecule has 19 heavy (non-hydrogen) atoms. The number of benzene rings is 1. The minimum atomic E-state index is 0.626. The molecular formula is C15H20N4. The van der Waals surface area contributed by atoms with Crippen molar-refractivity contribution < 1.29 is 0 Å². The average molecular weight is 256 g/mol. The fraction of sp³-hybridized carbons (Fsp3) is 0.467. The molecule has 4 nitrogen and oxygen atoms in total. The predicted octanol–water partition coefficient (Wildman–Crippen LogP) is 3.26. The van der Waals surface area contributed by atoms with Gasteiger partial charge < -0.3 is 5.32 Å². The number of rotatable bonds is 4. The van der Waals surface area contributed by atoms with Gasteiger partial charge in [0.25, 0.3) is 0 Å². The van der Waals surface area contributed by atoms with Crippen molar-refractivity contribution in [3.8, 4) is 5.69 Å². The topological polar surface area (TPSA) is 42.7 Å². The quantitative estimate of drug-likeness (QED) is 0.913. The predicted molar refractivity (Wildman–Crippen MR) is 76.4 cm³/mol. The summed E-state index contributed by atoms with van der Waals surface area (Å²) in [6.07, 6.45) is 8.71. The zero-order valence-electron chi connectivity index (χ0n) is 11.3. The molecule has 1 saturated carbocycles. The molecule has 0 amide bonds. The van der Waals surface area contributed by atoms with Gasteiger partial charge in [-0.2, -0.15) is 0 Å². The first-order valence-electron chi connectivity index (χ1n) is 7.08. The van der Waals surface area contributed by atoms with E-state index in [0.717, 1.165) is 11.6 Å². The first kappa shape index (κ1) is 12.2. The Kier molecular flexibility index (Phi) is 3.49. The maximum atomic E-state index is 3.85. The van der Waals surface area contributed by atoms with Gasteiger partial charge in [0, 0.05) is 11.7 Å². The average Bonchev–Trinajstić information content (AvgIpc) is 3.10.